The number of hydrogen-bond donors (Lipinski definition) is 0. The predicted octanol–water partition coefficient (Wildman–Crippen LogP) is 1.87. The first-order valence-electron chi connectivity index (χ1n) is 6.16. The Balaban J connectivity index is 3.12. The fourth-order valence-electron chi connectivity index (χ4n) is 1.53. The summed E-state index contributed by atoms with van der Waals surface area (Å²) in [6.07, 6.45) is 1.61. The molecule has 6 nitrogen and oxygen atoms in total. The van der Waals surface area contributed by atoms with Crippen LogP contribution in [0.1, 0.15) is 26.3 Å². The molecule has 21 heavy (non-hydrogen) atoms. The molecular formula is C14H16O6Pb. The van der Waals surface area contributed by atoms with Crippen LogP contribution < -0.4 is 0 Å². The van der Waals surface area contributed by atoms with E-state index in [1.54, 1.807) is 6.08 Å². The maximum absolute atomic E-state index is 11.3. The molecule has 1 aromatic carbocycles. The van der Waals surface area contributed by atoms with Gasteiger partial charge in [0.05, 0.1) is 0 Å². The van der Waals surface area contributed by atoms with Gasteiger partial charge >= 0.3 is 129 Å². The first kappa shape index (κ1) is 17.3. The first-order chi connectivity index (χ1) is 9.83. The number of benzene rings is 1. The Morgan fingerprint density at radius 3 is 1.67 bits per heavy atom. The number of hydrogen-bond acceptors (Lipinski definition) is 6. The molecule has 0 amide bonds. The van der Waals surface area contributed by atoms with E-state index in [0.717, 1.165) is 26.3 Å². The van der Waals surface area contributed by atoms with E-state index in [2.05, 4.69) is 0 Å². The third-order valence-corrected chi connectivity index (χ3v) is 11.0. The second-order valence-corrected chi connectivity index (χ2v) is 12.5. The third-order valence-electron chi connectivity index (χ3n) is 2.14. The van der Waals surface area contributed by atoms with Crippen molar-refractivity contribution in [1.82, 2.24) is 0 Å². The van der Waals surface area contributed by atoms with Crippen LogP contribution in [0.15, 0.2) is 34.0 Å². The summed E-state index contributed by atoms with van der Waals surface area (Å²) in [5.74, 6) is -2.01. The molecule has 1 rings (SSSR count). The van der Waals surface area contributed by atoms with Crippen molar-refractivity contribution in [2.24, 2.45) is 0 Å². The summed E-state index contributed by atoms with van der Waals surface area (Å²) in [4.78, 5) is 33.8. The zero-order valence-corrected chi connectivity index (χ0v) is 15.9. The summed E-state index contributed by atoms with van der Waals surface area (Å²) in [6.45, 7) is 3.49. The molecule has 0 fully saturated rings. The van der Waals surface area contributed by atoms with Crippen LogP contribution in [0.25, 0.3) is 6.08 Å². The van der Waals surface area contributed by atoms with Crippen LogP contribution in [-0.2, 0) is 22.4 Å². The molecule has 0 aliphatic rings. The molecule has 0 aliphatic carbocycles. The van der Waals surface area contributed by atoms with Gasteiger partial charge in [0.1, 0.15) is 0 Å². The van der Waals surface area contributed by atoms with Crippen LogP contribution in [0.5, 0.6) is 0 Å². The van der Waals surface area contributed by atoms with E-state index in [-0.39, 0.29) is 0 Å². The number of carbonyl (C=O) groups excluding carboxylic acids is 3. The van der Waals surface area contributed by atoms with Crippen molar-refractivity contribution < 1.29 is 22.4 Å². The van der Waals surface area contributed by atoms with E-state index in [4.69, 9.17) is 8.06 Å². The van der Waals surface area contributed by atoms with Crippen molar-refractivity contribution in [3.05, 3.63) is 39.5 Å². The van der Waals surface area contributed by atoms with Crippen LogP contribution in [0.3, 0.4) is 0 Å². The monoisotopic (exact) mass is 488 g/mol. The van der Waals surface area contributed by atoms with Crippen LogP contribution >= 0.6 is 0 Å². The van der Waals surface area contributed by atoms with Crippen LogP contribution in [0.2, 0.25) is 0 Å². The van der Waals surface area contributed by atoms with Gasteiger partial charge in [0.2, 0.25) is 0 Å². The summed E-state index contributed by atoms with van der Waals surface area (Å²) >= 11 is -4.91. The Kier molecular flexibility index (Phi) is 6.53. The van der Waals surface area contributed by atoms with Gasteiger partial charge in [-0.15, -0.1) is 0 Å². The SMILES string of the molecule is CC(=O)[O][Pb](/[CH]=C/c1ccccc1)([O]C(C)=O)[O]C(C)=O. The van der Waals surface area contributed by atoms with E-state index in [9.17, 15) is 14.4 Å². The van der Waals surface area contributed by atoms with Gasteiger partial charge in [0, 0.05) is 0 Å². The molecule has 0 unspecified atom stereocenters. The van der Waals surface area contributed by atoms with E-state index in [0.29, 0.717) is 0 Å². The molecule has 0 heterocycles. The van der Waals surface area contributed by atoms with E-state index in [1.165, 1.54) is 3.64 Å². The summed E-state index contributed by atoms with van der Waals surface area (Å²) in [5.41, 5.74) is 0.799. The standard InChI is InChI=1S/C8H7.3C2H4O2.Pb/c1-2-8-6-4-3-5-7-8;3*1-2(3)4;/h1-7H;3*1H3,(H,3,4);/q;;;;+3/p-3. The second-order valence-electron chi connectivity index (χ2n) is 4.13. The average Bonchev–Trinajstić information content (AvgIpc) is 2.35. The van der Waals surface area contributed by atoms with E-state index < -0.39 is 40.4 Å². The molecule has 0 saturated carbocycles. The molecule has 0 spiro atoms. The van der Waals surface area contributed by atoms with Crippen LogP contribution in [0, 0.1) is 0 Å². The molecule has 0 aliphatic heterocycles. The van der Waals surface area contributed by atoms with Crippen molar-refractivity contribution >= 4 is 46.5 Å². The normalized spacial score (nSPS) is 11.0. The topological polar surface area (TPSA) is 78.9 Å². The molecule has 0 bridgehead atoms. The van der Waals surface area contributed by atoms with E-state index in [1.807, 2.05) is 30.3 Å². The van der Waals surface area contributed by atoms with Crippen LogP contribution in [-0.4, -0.2) is 40.4 Å². The van der Waals surface area contributed by atoms with Crippen LogP contribution in [0.4, 0.5) is 0 Å². The molecule has 112 valence electrons. The number of carbonyl (C=O) groups is 3. The molecule has 0 saturated heterocycles. The first-order valence-corrected chi connectivity index (χ1v) is 13.2. The van der Waals surface area contributed by atoms with Gasteiger partial charge in [-0.3, -0.25) is 0 Å². The second kappa shape index (κ2) is 7.91. The average molecular weight is 487 g/mol. The Labute approximate surface area is 129 Å². The zero-order chi connectivity index (χ0) is 15.9. The quantitative estimate of drug-likeness (QED) is 0.591. The summed E-state index contributed by atoms with van der Waals surface area (Å²) < 4.78 is 16.7. The molecule has 1 aromatic rings. The summed E-state index contributed by atoms with van der Waals surface area (Å²) in [7, 11) is 0. The summed E-state index contributed by atoms with van der Waals surface area (Å²) in [5, 5.41) is 0. The Morgan fingerprint density at radius 2 is 1.29 bits per heavy atom. The van der Waals surface area contributed by atoms with Crippen molar-refractivity contribution in [3.8, 4) is 0 Å². The summed E-state index contributed by atoms with van der Waals surface area (Å²) in [6, 6.07) is 9.11. The minimum atomic E-state index is -4.91. The fourth-order valence-corrected chi connectivity index (χ4v) is 9.02. The maximum atomic E-state index is 11.3. The van der Waals surface area contributed by atoms with Gasteiger partial charge in [-0.25, -0.2) is 0 Å². The van der Waals surface area contributed by atoms with Gasteiger partial charge < -0.3 is 0 Å². The van der Waals surface area contributed by atoms with Crippen molar-refractivity contribution in [3.63, 3.8) is 0 Å². The van der Waals surface area contributed by atoms with Crippen molar-refractivity contribution in [1.29, 1.82) is 0 Å². The van der Waals surface area contributed by atoms with Gasteiger partial charge in [-0.1, -0.05) is 0 Å². The molecular weight excluding hydrogens is 471 g/mol. The third kappa shape index (κ3) is 6.52. The number of rotatable bonds is 5. The van der Waals surface area contributed by atoms with Gasteiger partial charge in [0.25, 0.3) is 0 Å². The van der Waals surface area contributed by atoms with Gasteiger partial charge in [0.15, 0.2) is 0 Å². The van der Waals surface area contributed by atoms with E-state index >= 15 is 0 Å². The van der Waals surface area contributed by atoms with Gasteiger partial charge in [-0.2, -0.15) is 0 Å². The molecule has 0 N–H and O–H groups in total. The Bertz CT molecular complexity index is 511. The van der Waals surface area contributed by atoms with Crippen molar-refractivity contribution in [2.45, 2.75) is 20.8 Å². The predicted molar refractivity (Wildman–Crippen MR) is 76.5 cm³/mol. The molecule has 0 radical (unpaired) electrons. The Morgan fingerprint density at radius 1 is 0.857 bits per heavy atom. The molecule has 7 heteroatoms. The molecule has 0 atom stereocenters. The Hall–Kier alpha value is -1.71. The molecule has 0 aromatic heterocycles. The van der Waals surface area contributed by atoms with Crippen molar-refractivity contribution in [2.75, 3.05) is 0 Å². The van der Waals surface area contributed by atoms with Gasteiger partial charge in [-0.05, 0) is 0 Å². The fraction of sp³-hybridized carbons (Fsp3) is 0.214. The zero-order valence-electron chi connectivity index (χ0n) is 12.0. The minimum absolute atomic E-state index is 0.670.